The second-order valence-corrected chi connectivity index (χ2v) is 6.03. The molecule has 0 aromatic carbocycles. The molecule has 1 aliphatic rings. The molecule has 0 aliphatic carbocycles. The standard InChI is InChI=1S/C16H28N4/c1-4-15(17)16(13-5-9-18-10-6-13)20-11-7-14(8-12-20)19(2)3/h5-6,9-10,14-16H,4,7-8,11-12,17H2,1-3H3. The van der Waals surface area contributed by atoms with Crippen LogP contribution in [0.4, 0.5) is 0 Å². The zero-order valence-corrected chi connectivity index (χ0v) is 13.0. The summed E-state index contributed by atoms with van der Waals surface area (Å²) in [6.45, 7) is 4.43. The van der Waals surface area contributed by atoms with Crippen LogP contribution < -0.4 is 5.73 Å². The fraction of sp³-hybridized carbons (Fsp3) is 0.688. The van der Waals surface area contributed by atoms with Gasteiger partial charge in [-0.1, -0.05) is 6.92 Å². The predicted octanol–water partition coefficient (Wildman–Crippen LogP) is 1.89. The Morgan fingerprint density at radius 3 is 2.40 bits per heavy atom. The zero-order valence-electron chi connectivity index (χ0n) is 13.0. The van der Waals surface area contributed by atoms with E-state index in [-0.39, 0.29) is 6.04 Å². The van der Waals surface area contributed by atoms with Crippen molar-refractivity contribution < 1.29 is 0 Å². The van der Waals surface area contributed by atoms with Crippen molar-refractivity contribution in [1.82, 2.24) is 14.8 Å². The molecular formula is C16H28N4. The molecule has 2 rings (SSSR count). The van der Waals surface area contributed by atoms with E-state index < -0.39 is 0 Å². The van der Waals surface area contributed by atoms with Crippen LogP contribution in [0, 0.1) is 0 Å². The number of pyridine rings is 1. The van der Waals surface area contributed by atoms with Crippen molar-refractivity contribution in [3.05, 3.63) is 30.1 Å². The van der Waals surface area contributed by atoms with Gasteiger partial charge in [0, 0.05) is 43.6 Å². The highest BCUT2D eigenvalue weighted by Crippen LogP contribution is 2.28. The van der Waals surface area contributed by atoms with Crippen LogP contribution in [-0.2, 0) is 0 Å². The first-order valence-corrected chi connectivity index (χ1v) is 7.69. The monoisotopic (exact) mass is 276 g/mol. The molecule has 2 unspecified atom stereocenters. The number of nitrogens with two attached hydrogens (primary N) is 1. The minimum atomic E-state index is 0.188. The third-order valence-corrected chi connectivity index (χ3v) is 4.55. The first kappa shape index (κ1) is 15.4. The van der Waals surface area contributed by atoms with Crippen LogP contribution in [0.2, 0.25) is 0 Å². The van der Waals surface area contributed by atoms with Crippen molar-refractivity contribution in [1.29, 1.82) is 0 Å². The van der Waals surface area contributed by atoms with Crippen molar-refractivity contribution in [2.24, 2.45) is 5.73 Å². The Morgan fingerprint density at radius 2 is 1.90 bits per heavy atom. The first-order valence-electron chi connectivity index (χ1n) is 7.69. The Bertz CT molecular complexity index is 385. The van der Waals surface area contributed by atoms with Gasteiger partial charge in [0.1, 0.15) is 0 Å². The maximum atomic E-state index is 6.40. The van der Waals surface area contributed by atoms with E-state index >= 15 is 0 Å². The smallest absolute Gasteiger partial charge is 0.0500 e. The van der Waals surface area contributed by atoms with E-state index in [9.17, 15) is 0 Å². The molecule has 2 heterocycles. The average Bonchev–Trinajstić information content (AvgIpc) is 2.49. The third kappa shape index (κ3) is 3.57. The van der Waals surface area contributed by atoms with E-state index in [0.29, 0.717) is 12.1 Å². The molecule has 1 aromatic heterocycles. The second-order valence-electron chi connectivity index (χ2n) is 6.03. The molecule has 2 N–H and O–H groups in total. The molecule has 1 saturated heterocycles. The van der Waals surface area contributed by atoms with Crippen LogP contribution in [0.3, 0.4) is 0 Å². The lowest BCUT2D eigenvalue weighted by atomic mass is 9.93. The lowest BCUT2D eigenvalue weighted by Crippen LogP contribution is -2.48. The average molecular weight is 276 g/mol. The van der Waals surface area contributed by atoms with Gasteiger partial charge in [-0.05, 0) is 51.1 Å². The summed E-state index contributed by atoms with van der Waals surface area (Å²) in [5.74, 6) is 0. The first-order chi connectivity index (χ1) is 9.63. The molecule has 2 atom stereocenters. The maximum absolute atomic E-state index is 6.40. The SMILES string of the molecule is CCC(N)C(c1ccncc1)N1CCC(N(C)C)CC1. The summed E-state index contributed by atoms with van der Waals surface area (Å²) in [4.78, 5) is 9.03. The molecule has 4 heteroatoms. The topological polar surface area (TPSA) is 45.4 Å². The number of rotatable bonds is 5. The van der Waals surface area contributed by atoms with Gasteiger partial charge < -0.3 is 10.6 Å². The van der Waals surface area contributed by atoms with Crippen LogP contribution in [0.1, 0.15) is 37.8 Å². The van der Waals surface area contributed by atoms with E-state index in [0.717, 1.165) is 19.5 Å². The summed E-state index contributed by atoms with van der Waals surface area (Å²) in [5, 5.41) is 0. The summed E-state index contributed by atoms with van der Waals surface area (Å²) in [6, 6.07) is 5.44. The highest BCUT2D eigenvalue weighted by molar-refractivity contribution is 5.17. The Morgan fingerprint density at radius 1 is 1.30 bits per heavy atom. The van der Waals surface area contributed by atoms with Gasteiger partial charge in [-0.15, -0.1) is 0 Å². The van der Waals surface area contributed by atoms with Gasteiger partial charge in [0.2, 0.25) is 0 Å². The maximum Gasteiger partial charge on any atom is 0.0500 e. The van der Waals surface area contributed by atoms with Crippen molar-refractivity contribution in [2.45, 2.75) is 44.3 Å². The van der Waals surface area contributed by atoms with Crippen LogP contribution in [0.15, 0.2) is 24.5 Å². The predicted molar refractivity (Wildman–Crippen MR) is 83.5 cm³/mol. The molecule has 0 bridgehead atoms. The third-order valence-electron chi connectivity index (χ3n) is 4.55. The number of nitrogens with zero attached hydrogens (tertiary/aromatic N) is 3. The molecule has 112 valence electrons. The Balaban J connectivity index is 2.09. The number of hydrogen-bond acceptors (Lipinski definition) is 4. The van der Waals surface area contributed by atoms with E-state index in [1.807, 2.05) is 12.4 Å². The largest absolute Gasteiger partial charge is 0.326 e. The number of likely N-dealkylation sites (tertiary alicyclic amines) is 1. The van der Waals surface area contributed by atoms with Gasteiger partial charge >= 0.3 is 0 Å². The quantitative estimate of drug-likeness (QED) is 0.892. The normalized spacial score (nSPS) is 21.1. The molecule has 0 amide bonds. The lowest BCUT2D eigenvalue weighted by molar-refractivity contribution is 0.0948. The number of hydrogen-bond donors (Lipinski definition) is 1. The fourth-order valence-corrected chi connectivity index (χ4v) is 3.19. The minimum Gasteiger partial charge on any atom is -0.326 e. The highest BCUT2D eigenvalue weighted by atomic mass is 15.2. The fourth-order valence-electron chi connectivity index (χ4n) is 3.19. The molecule has 0 saturated carbocycles. The molecule has 20 heavy (non-hydrogen) atoms. The van der Waals surface area contributed by atoms with E-state index in [2.05, 4.69) is 47.9 Å². The highest BCUT2D eigenvalue weighted by Gasteiger charge is 2.29. The van der Waals surface area contributed by atoms with Crippen molar-refractivity contribution in [3.63, 3.8) is 0 Å². The summed E-state index contributed by atoms with van der Waals surface area (Å²) in [5.41, 5.74) is 7.71. The molecule has 1 fully saturated rings. The van der Waals surface area contributed by atoms with E-state index in [1.165, 1.54) is 18.4 Å². The van der Waals surface area contributed by atoms with Gasteiger partial charge in [-0.3, -0.25) is 9.88 Å². The number of aromatic nitrogens is 1. The molecular weight excluding hydrogens is 248 g/mol. The van der Waals surface area contributed by atoms with Crippen LogP contribution >= 0.6 is 0 Å². The Labute approximate surface area is 123 Å². The van der Waals surface area contributed by atoms with Crippen LogP contribution in [0.25, 0.3) is 0 Å². The molecule has 1 aromatic rings. The van der Waals surface area contributed by atoms with Crippen molar-refractivity contribution in [2.75, 3.05) is 27.2 Å². The van der Waals surface area contributed by atoms with Crippen molar-refractivity contribution in [3.8, 4) is 0 Å². The molecule has 0 spiro atoms. The van der Waals surface area contributed by atoms with Gasteiger partial charge in [-0.25, -0.2) is 0 Å². The summed E-state index contributed by atoms with van der Waals surface area (Å²) < 4.78 is 0. The second kappa shape index (κ2) is 7.16. The summed E-state index contributed by atoms with van der Waals surface area (Å²) in [6.07, 6.45) is 7.20. The van der Waals surface area contributed by atoms with E-state index in [1.54, 1.807) is 0 Å². The molecule has 1 aliphatic heterocycles. The van der Waals surface area contributed by atoms with Crippen LogP contribution in [-0.4, -0.2) is 54.1 Å². The zero-order chi connectivity index (χ0) is 14.5. The Kier molecular flexibility index (Phi) is 5.52. The minimum absolute atomic E-state index is 0.188. The van der Waals surface area contributed by atoms with Gasteiger partial charge in [0.15, 0.2) is 0 Å². The van der Waals surface area contributed by atoms with Crippen molar-refractivity contribution >= 4 is 0 Å². The number of piperidine rings is 1. The van der Waals surface area contributed by atoms with Gasteiger partial charge in [-0.2, -0.15) is 0 Å². The summed E-state index contributed by atoms with van der Waals surface area (Å²) in [7, 11) is 4.36. The van der Waals surface area contributed by atoms with Crippen LogP contribution in [0.5, 0.6) is 0 Å². The van der Waals surface area contributed by atoms with Gasteiger partial charge in [0.05, 0.1) is 0 Å². The van der Waals surface area contributed by atoms with Gasteiger partial charge in [0.25, 0.3) is 0 Å². The lowest BCUT2D eigenvalue weighted by Gasteiger charge is -2.41. The Hall–Kier alpha value is -0.970. The molecule has 4 nitrogen and oxygen atoms in total. The summed E-state index contributed by atoms with van der Waals surface area (Å²) >= 11 is 0. The molecule has 0 radical (unpaired) electrons. The van der Waals surface area contributed by atoms with E-state index in [4.69, 9.17) is 5.73 Å².